The van der Waals surface area contributed by atoms with Crippen LogP contribution in [0.5, 0.6) is 0 Å². The maximum absolute atomic E-state index is 12.5. The maximum atomic E-state index is 12.5. The topological polar surface area (TPSA) is 59.8 Å². The van der Waals surface area contributed by atoms with E-state index in [1.54, 1.807) is 0 Å². The molecule has 0 unspecified atom stereocenters. The average molecular weight is 427 g/mol. The first-order valence-corrected chi connectivity index (χ1v) is 11.0. The Hall–Kier alpha value is -2.31. The van der Waals surface area contributed by atoms with Gasteiger partial charge >= 0.3 is 0 Å². The number of rotatable bonds is 7. The van der Waals surface area contributed by atoms with Gasteiger partial charge in [-0.15, -0.1) is 10.2 Å². The van der Waals surface area contributed by atoms with Gasteiger partial charge in [0.25, 0.3) is 0 Å². The SMILES string of the molecule is Cn1c(SCC(=O)NCC2(c3ccccc3)CCC2)nnc1-c1ccc(Cl)cc1. The summed E-state index contributed by atoms with van der Waals surface area (Å²) in [7, 11) is 1.91. The Morgan fingerprint density at radius 3 is 2.52 bits per heavy atom. The standard InChI is InChI=1S/C22H23ClN4OS/c1-27-20(16-8-10-18(23)11-9-16)25-26-21(27)29-14-19(28)24-15-22(12-5-13-22)17-6-3-2-4-7-17/h2-4,6-11H,5,12-15H2,1H3,(H,24,28). The summed E-state index contributed by atoms with van der Waals surface area (Å²) in [6.07, 6.45) is 3.46. The van der Waals surface area contributed by atoms with E-state index in [1.165, 1.54) is 23.7 Å². The van der Waals surface area contributed by atoms with E-state index < -0.39 is 0 Å². The molecule has 2 aromatic carbocycles. The van der Waals surface area contributed by atoms with Gasteiger partial charge in [-0.05, 0) is 42.7 Å². The van der Waals surface area contributed by atoms with Gasteiger partial charge in [-0.3, -0.25) is 4.79 Å². The van der Waals surface area contributed by atoms with E-state index in [-0.39, 0.29) is 11.3 Å². The normalized spacial score (nSPS) is 15.0. The van der Waals surface area contributed by atoms with E-state index >= 15 is 0 Å². The van der Waals surface area contributed by atoms with Crippen LogP contribution < -0.4 is 5.32 Å². The molecule has 7 heteroatoms. The maximum Gasteiger partial charge on any atom is 0.230 e. The minimum atomic E-state index is 0.0215. The van der Waals surface area contributed by atoms with Crippen LogP contribution >= 0.6 is 23.4 Å². The highest BCUT2D eigenvalue weighted by atomic mass is 35.5. The molecular formula is C22H23ClN4OS. The van der Waals surface area contributed by atoms with E-state index in [0.717, 1.165) is 24.2 Å². The van der Waals surface area contributed by atoms with Crippen molar-refractivity contribution in [2.75, 3.05) is 12.3 Å². The molecule has 1 saturated carbocycles. The van der Waals surface area contributed by atoms with Gasteiger partial charge in [-0.25, -0.2) is 0 Å². The molecule has 0 bridgehead atoms. The highest BCUT2D eigenvalue weighted by Crippen LogP contribution is 2.43. The molecule has 0 spiro atoms. The molecule has 1 aliphatic rings. The fourth-order valence-corrected chi connectivity index (χ4v) is 4.57. The molecule has 150 valence electrons. The molecule has 3 aromatic rings. The van der Waals surface area contributed by atoms with Crippen molar-refractivity contribution < 1.29 is 4.79 Å². The summed E-state index contributed by atoms with van der Waals surface area (Å²) in [5.74, 6) is 1.09. The van der Waals surface area contributed by atoms with Crippen LogP contribution in [-0.4, -0.2) is 33.0 Å². The summed E-state index contributed by atoms with van der Waals surface area (Å²) in [6, 6.07) is 18.0. The lowest BCUT2D eigenvalue weighted by molar-refractivity contribution is -0.119. The second-order valence-electron chi connectivity index (χ2n) is 7.44. The van der Waals surface area contributed by atoms with Crippen molar-refractivity contribution in [3.63, 3.8) is 0 Å². The summed E-state index contributed by atoms with van der Waals surface area (Å²) < 4.78 is 1.90. The highest BCUT2D eigenvalue weighted by Gasteiger charge is 2.38. The number of benzene rings is 2. The molecule has 0 saturated heterocycles. The number of aromatic nitrogens is 3. The fourth-order valence-electron chi connectivity index (χ4n) is 3.70. The van der Waals surface area contributed by atoms with Crippen molar-refractivity contribution in [3.05, 3.63) is 65.2 Å². The van der Waals surface area contributed by atoms with Gasteiger partial charge in [-0.1, -0.05) is 60.1 Å². The second kappa shape index (κ2) is 8.59. The number of halogens is 1. The zero-order valence-electron chi connectivity index (χ0n) is 16.3. The number of nitrogens with one attached hydrogen (secondary N) is 1. The average Bonchev–Trinajstić information content (AvgIpc) is 3.07. The molecule has 1 N–H and O–H groups in total. The van der Waals surface area contributed by atoms with Crippen LogP contribution in [0.25, 0.3) is 11.4 Å². The lowest BCUT2D eigenvalue weighted by Crippen LogP contribution is -2.46. The van der Waals surface area contributed by atoms with Crippen molar-refractivity contribution in [2.45, 2.75) is 29.8 Å². The summed E-state index contributed by atoms with van der Waals surface area (Å²) in [5.41, 5.74) is 2.35. The Kier molecular flexibility index (Phi) is 5.92. The predicted octanol–water partition coefficient (Wildman–Crippen LogP) is 4.47. The van der Waals surface area contributed by atoms with Gasteiger partial charge in [-0.2, -0.15) is 0 Å². The molecule has 5 nitrogen and oxygen atoms in total. The van der Waals surface area contributed by atoms with Crippen LogP contribution in [0.2, 0.25) is 5.02 Å². The quantitative estimate of drug-likeness (QED) is 0.566. The highest BCUT2D eigenvalue weighted by molar-refractivity contribution is 7.99. The number of carbonyl (C=O) groups excluding carboxylic acids is 1. The van der Waals surface area contributed by atoms with Crippen LogP contribution in [0, 0.1) is 0 Å². The van der Waals surface area contributed by atoms with Gasteiger partial charge in [0.1, 0.15) is 0 Å². The van der Waals surface area contributed by atoms with Crippen LogP contribution in [0.4, 0.5) is 0 Å². The molecular weight excluding hydrogens is 404 g/mol. The molecule has 1 aromatic heterocycles. The molecule has 1 heterocycles. The second-order valence-corrected chi connectivity index (χ2v) is 8.82. The van der Waals surface area contributed by atoms with E-state index in [4.69, 9.17) is 11.6 Å². The number of thioether (sulfide) groups is 1. The Bertz CT molecular complexity index is 984. The van der Waals surface area contributed by atoms with Gasteiger partial charge in [0, 0.05) is 29.6 Å². The number of carbonyl (C=O) groups is 1. The molecule has 1 fully saturated rings. The number of nitrogens with zero attached hydrogens (tertiary/aromatic N) is 3. The van der Waals surface area contributed by atoms with E-state index in [9.17, 15) is 4.79 Å². The van der Waals surface area contributed by atoms with Crippen molar-refractivity contribution in [1.82, 2.24) is 20.1 Å². The Labute approximate surface area is 179 Å². The minimum Gasteiger partial charge on any atom is -0.354 e. The monoisotopic (exact) mass is 426 g/mol. The largest absolute Gasteiger partial charge is 0.354 e. The van der Waals surface area contributed by atoms with Crippen LogP contribution in [0.1, 0.15) is 24.8 Å². The smallest absolute Gasteiger partial charge is 0.230 e. The Morgan fingerprint density at radius 2 is 1.86 bits per heavy atom. The first kappa shape index (κ1) is 20.0. The van der Waals surface area contributed by atoms with Crippen molar-refractivity contribution in [1.29, 1.82) is 0 Å². The van der Waals surface area contributed by atoms with E-state index in [1.807, 2.05) is 41.9 Å². The molecule has 29 heavy (non-hydrogen) atoms. The number of hydrogen-bond donors (Lipinski definition) is 1. The molecule has 0 aliphatic heterocycles. The third-order valence-corrected chi connectivity index (χ3v) is 6.86. The molecule has 0 radical (unpaired) electrons. The van der Waals surface area contributed by atoms with Crippen molar-refractivity contribution in [3.8, 4) is 11.4 Å². The van der Waals surface area contributed by atoms with Crippen molar-refractivity contribution >= 4 is 29.3 Å². The van der Waals surface area contributed by atoms with Gasteiger partial charge < -0.3 is 9.88 Å². The summed E-state index contributed by atoms with van der Waals surface area (Å²) in [6.45, 7) is 0.686. The lowest BCUT2D eigenvalue weighted by atomic mass is 9.64. The van der Waals surface area contributed by atoms with Gasteiger partial charge in [0.2, 0.25) is 5.91 Å². The number of hydrogen-bond acceptors (Lipinski definition) is 4. The van der Waals surface area contributed by atoms with Crippen LogP contribution in [-0.2, 0) is 17.3 Å². The zero-order chi connectivity index (χ0) is 20.3. The predicted molar refractivity (Wildman–Crippen MR) is 117 cm³/mol. The molecule has 1 aliphatic carbocycles. The summed E-state index contributed by atoms with van der Waals surface area (Å²) in [4.78, 5) is 12.5. The third-order valence-electron chi connectivity index (χ3n) is 5.59. The molecule has 1 amide bonds. The van der Waals surface area contributed by atoms with Crippen LogP contribution in [0.15, 0.2) is 59.8 Å². The van der Waals surface area contributed by atoms with E-state index in [2.05, 4.69) is 39.8 Å². The Balaban J connectivity index is 1.34. The first-order chi connectivity index (χ1) is 14.1. The minimum absolute atomic E-state index is 0.0215. The molecule has 0 atom stereocenters. The fraction of sp³-hybridized carbons (Fsp3) is 0.318. The number of amides is 1. The third kappa shape index (κ3) is 4.33. The van der Waals surface area contributed by atoms with Crippen molar-refractivity contribution in [2.24, 2.45) is 7.05 Å². The van der Waals surface area contributed by atoms with Gasteiger partial charge in [0.05, 0.1) is 5.75 Å². The van der Waals surface area contributed by atoms with Gasteiger partial charge in [0.15, 0.2) is 11.0 Å². The van der Waals surface area contributed by atoms with Crippen LogP contribution in [0.3, 0.4) is 0 Å². The molecule has 4 rings (SSSR count). The zero-order valence-corrected chi connectivity index (χ0v) is 17.8. The first-order valence-electron chi connectivity index (χ1n) is 9.68. The van der Waals surface area contributed by atoms with E-state index in [0.29, 0.717) is 22.5 Å². The lowest BCUT2D eigenvalue weighted by Gasteiger charge is -2.42. The summed E-state index contributed by atoms with van der Waals surface area (Å²) >= 11 is 7.35. The Morgan fingerprint density at radius 1 is 1.14 bits per heavy atom. The summed E-state index contributed by atoms with van der Waals surface area (Å²) in [5, 5.41) is 13.0.